The maximum absolute atomic E-state index is 12.9. The molecule has 0 saturated carbocycles. The molecule has 2 N–H and O–H groups in total. The van der Waals surface area contributed by atoms with Gasteiger partial charge in [-0.05, 0) is 36.6 Å². The fraction of sp³-hybridized carbons (Fsp3) is 0.455. The molecule has 0 spiro atoms. The van der Waals surface area contributed by atoms with Crippen molar-refractivity contribution in [1.29, 1.82) is 0 Å². The van der Waals surface area contributed by atoms with Gasteiger partial charge in [0.05, 0.1) is 0 Å². The zero-order valence-electron chi connectivity index (χ0n) is 8.26. The molecule has 0 radical (unpaired) electrons. The monoisotopic (exact) mass is 199 g/mol. The third-order valence-corrected chi connectivity index (χ3v) is 2.34. The Balaban J connectivity index is 2.88. The molecule has 1 unspecified atom stereocenters. The molecule has 0 aliphatic carbocycles. The molecule has 1 aromatic carbocycles. The Kier molecular flexibility index (Phi) is 4.01. The summed E-state index contributed by atoms with van der Waals surface area (Å²) in [6.07, 6.45) is 1.89. The summed E-state index contributed by atoms with van der Waals surface area (Å²) in [5.74, 6) is -1.46. The van der Waals surface area contributed by atoms with Gasteiger partial charge in [0, 0.05) is 0 Å². The van der Waals surface area contributed by atoms with E-state index in [1.807, 2.05) is 6.92 Å². The number of halogens is 2. The Morgan fingerprint density at radius 1 is 1.29 bits per heavy atom. The molecule has 3 heteroatoms. The van der Waals surface area contributed by atoms with Crippen LogP contribution in [0.2, 0.25) is 0 Å². The van der Waals surface area contributed by atoms with Gasteiger partial charge < -0.3 is 5.73 Å². The first-order chi connectivity index (χ1) is 6.69. The standard InChI is InChI=1S/C11H15F2N/c1-2-3-9(7-14)8-4-5-10(12)11(13)6-8/h4-6,9H,2-3,7,14H2,1H3. The maximum atomic E-state index is 12.9. The smallest absolute Gasteiger partial charge is 0.159 e. The number of benzene rings is 1. The van der Waals surface area contributed by atoms with Crippen molar-refractivity contribution in [2.75, 3.05) is 6.54 Å². The molecule has 1 rings (SSSR count). The highest BCUT2D eigenvalue weighted by molar-refractivity contribution is 5.22. The zero-order valence-corrected chi connectivity index (χ0v) is 8.26. The van der Waals surface area contributed by atoms with Crippen molar-refractivity contribution < 1.29 is 8.78 Å². The van der Waals surface area contributed by atoms with Crippen LogP contribution >= 0.6 is 0 Å². The summed E-state index contributed by atoms with van der Waals surface area (Å²) in [5, 5.41) is 0. The van der Waals surface area contributed by atoms with Crippen LogP contribution in [0.5, 0.6) is 0 Å². The number of hydrogen-bond donors (Lipinski definition) is 1. The first kappa shape index (κ1) is 11.1. The fourth-order valence-corrected chi connectivity index (χ4v) is 1.54. The van der Waals surface area contributed by atoms with Gasteiger partial charge in [-0.15, -0.1) is 0 Å². The molecule has 0 aromatic heterocycles. The van der Waals surface area contributed by atoms with E-state index in [-0.39, 0.29) is 5.92 Å². The van der Waals surface area contributed by atoms with Crippen molar-refractivity contribution in [3.8, 4) is 0 Å². The molecule has 0 saturated heterocycles. The van der Waals surface area contributed by atoms with E-state index in [2.05, 4.69) is 0 Å². The lowest BCUT2D eigenvalue weighted by atomic mass is 9.94. The summed E-state index contributed by atoms with van der Waals surface area (Å²) in [5.41, 5.74) is 6.35. The second-order valence-electron chi connectivity index (χ2n) is 3.39. The van der Waals surface area contributed by atoms with Gasteiger partial charge in [0.1, 0.15) is 0 Å². The van der Waals surface area contributed by atoms with Crippen LogP contribution in [-0.2, 0) is 0 Å². The van der Waals surface area contributed by atoms with Gasteiger partial charge in [0.15, 0.2) is 11.6 Å². The number of nitrogens with two attached hydrogens (primary N) is 1. The lowest BCUT2D eigenvalue weighted by Gasteiger charge is -2.13. The minimum Gasteiger partial charge on any atom is -0.330 e. The second-order valence-corrected chi connectivity index (χ2v) is 3.39. The summed E-state index contributed by atoms with van der Waals surface area (Å²) >= 11 is 0. The third-order valence-electron chi connectivity index (χ3n) is 2.34. The predicted molar refractivity (Wildman–Crippen MR) is 53.1 cm³/mol. The lowest BCUT2D eigenvalue weighted by molar-refractivity contribution is 0.503. The molecule has 0 amide bonds. The Labute approximate surface area is 82.9 Å². The van der Waals surface area contributed by atoms with Crippen molar-refractivity contribution in [3.05, 3.63) is 35.4 Å². The van der Waals surface area contributed by atoms with Crippen molar-refractivity contribution >= 4 is 0 Å². The Hall–Kier alpha value is -0.960. The molecule has 78 valence electrons. The minimum absolute atomic E-state index is 0.134. The largest absolute Gasteiger partial charge is 0.330 e. The first-order valence-electron chi connectivity index (χ1n) is 4.84. The molecule has 14 heavy (non-hydrogen) atoms. The molecule has 0 bridgehead atoms. The van der Waals surface area contributed by atoms with E-state index in [0.29, 0.717) is 6.54 Å². The average molecular weight is 199 g/mol. The van der Waals surface area contributed by atoms with Crippen molar-refractivity contribution in [3.63, 3.8) is 0 Å². The van der Waals surface area contributed by atoms with Crippen molar-refractivity contribution in [1.82, 2.24) is 0 Å². The van der Waals surface area contributed by atoms with Crippen LogP contribution < -0.4 is 5.73 Å². The Morgan fingerprint density at radius 2 is 2.00 bits per heavy atom. The lowest BCUT2D eigenvalue weighted by Crippen LogP contribution is -2.12. The highest BCUT2D eigenvalue weighted by atomic mass is 19.2. The van der Waals surface area contributed by atoms with E-state index in [0.717, 1.165) is 24.5 Å². The molecule has 0 fully saturated rings. The molecular weight excluding hydrogens is 184 g/mol. The van der Waals surface area contributed by atoms with Crippen molar-refractivity contribution in [2.45, 2.75) is 25.7 Å². The van der Waals surface area contributed by atoms with Gasteiger partial charge in [0.2, 0.25) is 0 Å². The third kappa shape index (κ3) is 2.51. The van der Waals surface area contributed by atoms with E-state index in [9.17, 15) is 8.78 Å². The fourth-order valence-electron chi connectivity index (χ4n) is 1.54. The van der Waals surface area contributed by atoms with E-state index < -0.39 is 11.6 Å². The normalized spacial score (nSPS) is 12.9. The molecule has 0 aliphatic heterocycles. The van der Waals surface area contributed by atoms with Gasteiger partial charge in [-0.2, -0.15) is 0 Å². The minimum atomic E-state index is -0.805. The van der Waals surface area contributed by atoms with Gasteiger partial charge in [-0.3, -0.25) is 0 Å². The number of hydrogen-bond acceptors (Lipinski definition) is 1. The average Bonchev–Trinajstić information content (AvgIpc) is 2.19. The molecule has 0 aliphatic rings. The molecular formula is C11H15F2N. The van der Waals surface area contributed by atoms with Crippen LogP contribution in [0.3, 0.4) is 0 Å². The summed E-state index contributed by atoms with van der Waals surface area (Å²) in [4.78, 5) is 0. The van der Waals surface area contributed by atoms with Crippen LogP contribution in [0.1, 0.15) is 31.2 Å². The van der Waals surface area contributed by atoms with Gasteiger partial charge in [-0.25, -0.2) is 8.78 Å². The first-order valence-corrected chi connectivity index (χ1v) is 4.84. The Bertz CT molecular complexity index is 299. The summed E-state index contributed by atoms with van der Waals surface area (Å²) < 4.78 is 25.5. The highest BCUT2D eigenvalue weighted by Gasteiger charge is 2.11. The summed E-state index contributed by atoms with van der Waals surface area (Å²) in [7, 11) is 0. The molecule has 1 aromatic rings. The zero-order chi connectivity index (χ0) is 10.6. The van der Waals surface area contributed by atoms with E-state index in [1.54, 1.807) is 6.07 Å². The van der Waals surface area contributed by atoms with Crippen molar-refractivity contribution in [2.24, 2.45) is 5.73 Å². The van der Waals surface area contributed by atoms with Gasteiger partial charge >= 0.3 is 0 Å². The van der Waals surface area contributed by atoms with Crippen LogP contribution in [0.4, 0.5) is 8.78 Å². The predicted octanol–water partition coefficient (Wildman–Crippen LogP) is 2.81. The van der Waals surface area contributed by atoms with Crippen LogP contribution in [0.25, 0.3) is 0 Å². The quantitative estimate of drug-likeness (QED) is 0.792. The SMILES string of the molecule is CCCC(CN)c1ccc(F)c(F)c1. The van der Waals surface area contributed by atoms with Crippen LogP contribution in [0, 0.1) is 11.6 Å². The summed E-state index contributed by atoms with van der Waals surface area (Å²) in [6.45, 7) is 2.52. The van der Waals surface area contributed by atoms with Crippen LogP contribution in [0.15, 0.2) is 18.2 Å². The molecule has 0 heterocycles. The topological polar surface area (TPSA) is 26.0 Å². The number of rotatable bonds is 4. The van der Waals surface area contributed by atoms with E-state index in [4.69, 9.17) is 5.73 Å². The van der Waals surface area contributed by atoms with Gasteiger partial charge in [-0.1, -0.05) is 19.4 Å². The van der Waals surface area contributed by atoms with Gasteiger partial charge in [0.25, 0.3) is 0 Å². The molecule has 1 atom stereocenters. The highest BCUT2D eigenvalue weighted by Crippen LogP contribution is 2.21. The Morgan fingerprint density at radius 3 is 2.50 bits per heavy atom. The van der Waals surface area contributed by atoms with E-state index in [1.165, 1.54) is 6.07 Å². The van der Waals surface area contributed by atoms with E-state index >= 15 is 0 Å². The van der Waals surface area contributed by atoms with Crippen LogP contribution in [-0.4, -0.2) is 6.54 Å². The maximum Gasteiger partial charge on any atom is 0.159 e. The second kappa shape index (κ2) is 5.05. The summed E-state index contributed by atoms with van der Waals surface area (Å²) in [6, 6.07) is 4.00. The molecule has 1 nitrogen and oxygen atoms in total.